The molecule has 0 radical (unpaired) electrons. The Hall–Kier alpha value is -0.130. The topological polar surface area (TPSA) is 72.2 Å². The highest BCUT2D eigenvalue weighted by molar-refractivity contribution is 7.90. The van der Waals surface area contributed by atoms with Gasteiger partial charge < -0.3 is 5.73 Å². The number of nitrogens with one attached hydrogen (secondary N) is 1. The first kappa shape index (κ1) is 13.9. The van der Waals surface area contributed by atoms with Crippen LogP contribution in [-0.4, -0.2) is 26.8 Å². The van der Waals surface area contributed by atoms with Crippen molar-refractivity contribution < 1.29 is 8.42 Å². The van der Waals surface area contributed by atoms with Crippen molar-refractivity contribution >= 4 is 10.0 Å². The highest BCUT2D eigenvalue weighted by atomic mass is 32.2. The summed E-state index contributed by atoms with van der Waals surface area (Å²) in [5.74, 6) is 0.913. The molecular weight excluding hydrogens is 224 g/mol. The summed E-state index contributed by atoms with van der Waals surface area (Å²) in [6.07, 6.45) is 4.67. The van der Waals surface area contributed by atoms with E-state index in [9.17, 15) is 8.42 Å². The summed E-state index contributed by atoms with van der Waals surface area (Å²) in [7, 11) is -3.12. The van der Waals surface area contributed by atoms with Crippen LogP contribution in [0.1, 0.15) is 39.5 Å². The molecule has 5 heteroatoms. The molecule has 2 atom stereocenters. The van der Waals surface area contributed by atoms with Gasteiger partial charge >= 0.3 is 0 Å². The Morgan fingerprint density at radius 1 is 1.25 bits per heavy atom. The fraction of sp³-hybridized carbons (Fsp3) is 1.00. The van der Waals surface area contributed by atoms with Gasteiger partial charge in [-0.2, -0.15) is 0 Å². The van der Waals surface area contributed by atoms with E-state index in [-0.39, 0.29) is 5.25 Å². The summed E-state index contributed by atoms with van der Waals surface area (Å²) >= 11 is 0. The average molecular weight is 248 g/mol. The van der Waals surface area contributed by atoms with Crippen LogP contribution in [0.15, 0.2) is 0 Å². The lowest BCUT2D eigenvalue weighted by Gasteiger charge is -2.30. The summed E-state index contributed by atoms with van der Waals surface area (Å²) in [4.78, 5) is 0. The molecule has 96 valence electrons. The molecule has 0 bridgehead atoms. The SMILES string of the molecule is CC(C)S(=O)(=O)NCC1CCCCC1CN. The average Bonchev–Trinajstić information content (AvgIpc) is 2.26. The largest absolute Gasteiger partial charge is 0.330 e. The van der Waals surface area contributed by atoms with Crippen LogP contribution in [0.4, 0.5) is 0 Å². The first-order valence-electron chi connectivity index (χ1n) is 6.16. The van der Waals surface area contributed by atoms with Crippen LogP contribution in [0.2, 0.25) is 0 Å². The van der Waals surface area contributed by atoms with Gasteiger partial charge in [-0.25, -0.2) is 13.1 Å². The molecule has 4 nitrogen and oxygen atoms in total. The van der Waals surface area contributed by atoms with E-state index in [0.717, 1.165) is 12.8 Å². The van der Waals surface area contributed by atoms with E-state index in [4.69, 9.17) is 5.73 Å². The Balaban J connectivity index is 2.47. The van der Waals surface area contributed by atoms with Crippen LogP contribution in [0.3, 0.4) is 0 Å². The zero-order chi connectivity index (χ0) is 12.2. The van der Waals surface area contributed by atoms with E-state index in [1.54, 1.807) is 13.8 Å². The van der Waals surface area contributed by atoms with Crippen LogP contribution < -0.4 is 10.5 Å². The van der Waals surface area contributed by atoms with Gasteiger partial charge in [0, 0.05) is 6.54 Å². The van der Waals surface area contributed by atoms with Crippen molar-refractivity contribution in [3.05, 3.63) is 0 Å². The minimum atomic E-state index is -3.12. The Morgan fingerprint density at radius 3 is 2.31 bits per heavy atom. The maximum Gasteiger partial charge on any atom is 0.213 e. The van der Waals surface area contributed by atoms with Gasteiger partial charge in [-0.05, 0) is 45.1 Å². The van der Waals surface area contributed by atoms with Crippen LogP contribution in [-0.2, 0) is 10.0 Å². The fourth-order valence-corrected chi connectivity index (χ4v) is 3.03. The zero-order valence-corrected chi connectivity index (χ0v) is 11.1. The first-order valence-corrected chi connectivity index (χ1v) is 7.70. The molecule has 0 aromatic heterocycles. The van der Waals surface area contributed by atoms with Gasteiger partial charge in [0.1, 0.15) is 0 Å². The zero-order valence-electron chi connectivity index (χ0n) is 10.3. The quantitative estimate of drug-likeness (QED) is 0.764. The minimum absolute atomic E-state index is 0.354. The molecule has 1 aliphatic carbocycles. The van der Waals surface area contributed by atoms with Gasteiger partial charge in [0.05, 0.1) is 5.25 Å². The van der Waals surface area contributed by atoms with Crippen molar-refractivity contribution in [2.75, 3.05) is 13.1 Å². The molecular formula is C11H24N2O2S. The lowest BCUT2D eigenvalue weighted by molar-refractivity contribution is 0.244. The van der Waals surface area contributed by atoms with E-state index < -0.39 is 10.0 Å². The van der Waals surface area contributed by atoms with Gasteiger partial charge in [-0.3, -0.25) is 0 Å². The van der Waals surface area contributed by atoms with Crippen LogP contribution in [0.5, 0.6) is 0 Å². The van der Waals surface area contributed by atoms with E-state index in [2.05, 4.69) is 4.72 Å². The van der Waals surface area contributed by atoms with Gasteiger partial charge in [0.15, 0.2) is 0 Å². The molecule has 1 saturated carbocycles. The van der Waals surface area contributed by atoms with Crippen LogP contribution in [0.25, 0.3) is 0 Å². The predicted octanol–water partition coefficient (Wildman–Crippen LogP) is 1.08. The molecule has 1 aliphatic rings. The second kappa shape index (κ2) is 5.98. The predicted molar refractivity (Wildman–Crippen MR) is 66.6 cm³/mol. The summed E-state index contributed by atoms with van der Waals surface area (Å²) in [5.41, 5.74) is 5.72. The van der Waals surface area contributed by atoms with Crippen LogP contribution >= 0.6 is 0 Å². The standard InChI is InChI=1S/C11H24N2O2S/c1-9(2)16(14,15)13-8-11-6-4-3-5-10(11)7-12/h9-11,13H,3-8,12H2,1-2H3. The minimum Gasteiger partial charge on any atom is -0.330 e. The third-order valence-electron chi connectivity index (χ3n) is 3.54. The van der Waals surface area contributed by atoms with Gasteiger partial charge in [-0.15, -0.1) is 0 Å². The summed E-state index contributed by atoms with van der Waals surface area (Å²) < 4.78 is 26.0. The Labute approximate surface area is 99.0 Å². The molecule has 0 saturated heterocycles. The lowest BCUT2D eigenvalue weighted by Crippen LogP contribution is -2.39. The Morgan fingerprint density at radius 2 is 1.81 bits per heavy atom. The summed E-state index contributed by atoms with van der Waals surface area (Å²) in [6.45, 7) is 4.63. The lowest BCUT2D eigenvalue weighted by atomic mass is 9.79. The Kier molecular flexibility index (Phi) is 5.21. The number of rotatable bonds is 5. The highest BCUT2D eigenvalue weighted by Gasteiger charge is 2.26. The van der Waals surface area contributed by atoms with Crippen molar-refractivity contribution in [3.8, 4) is 0 Å². The van der Waals surface area contributed by atoms with Gasteiger partial charge in [-0.1, -0.05) is 12.8 Å². The van der Waals surface area contributed by atoms with Crippen molar-refractivity contribution in [3.63, 3.8) is 0 Å². The maximum atomic E-state index is 11.6. The van der Waals surface area contributed by atoms with Crippen molar-refractivity contribution in [1.29, 1.82) is 0 Å². The molecule has 16 heavy (non-hydrogen) atoms. The normalized spacial score (nSPS) is 27.2. The molecule has 0 amide bonds. The smallest absolute Gasteiger partial charge is 0.213 e. The summed E-state index contributed by atoms with van der Waals surface area (Å²) in [5, 5.41) is -0.354. The van der Waals surface area contributed by atoms with E-state index in [1.165, 1.54) is 12.8 Å². The highest BCUT2D eigenvalue weighted by Crippen LogP contribution is 2.28. The maximum absolute atomic E-state index is 11.6. The number of sulfonamides is 1. The molecule has 0 aromatic rings. The molecule has 0 heterocycles. The number of hydrogen-bond donors (Lipinski definition) is 2. The van der Waals surface area contributed by atoms with E-state index in [0.29, 0.717) is 24.9 Å². The van der Waals surface area contributed by atoms with Crippen LogP contribution in [0, 0.1) is 11.8 Å². The molecule has 0 aromatic carbocycles. The second-order valence-corrected chi connectivity index (χ2v) is 7.30. The number of hydrogen-bond acceptors (Lipinski definition) is 3. The van der Waals surface area contributed by atoms with Gasteiger partial charge in [0.25, 0.3) is 0 Å². The van der Waals surface area contributed by atoms with Crippen molar-refractivity contribution in [2.45, 2.75) is 44.8 Å². The van der Waals surface area contributed by atoms with E-state index in [1.807, 2.05) is 0 Å². The molecule has 1 fully saturated rings. The molecule has 1 rings (SSSR count). The fourth-order valence-electron chi connectivity index (χ4n) is 2.25. The van der Waals surface area contributed by atoms with Crippen molar-refractivity contribution in [2.24, 2.45) is 17.6 Å². The molecule has 2 unspecified atom stereocenters. The van der Waals surface area contributed by atoms with Gasteiger partial charge in [0.2, 0.25) is 10.0 Å². The second-order valence-electron chi connectivity index (χ2n) is 4.98. The Bertz CT molecular complexity index is 301. The van der Waals surface area contributed by atoms with Crippen molar-refractivity contribution in [1.82, 2.24) is 4.72 Å². The molecule has 3 N–H and O–H groups in total. The first-order chi connectivity index (χ1) is 7.47. The third kappa shape index (κ3) is 3.71. The third-order valence-corrected chi connectivity index (χ3v) is 5.35. The molecule has 0 aliphatic heterocycles. The number of nitrogens with two attached hydrogens (primary N) is 1. The monoisotopic (exact) mass is 248 g/mol. The molecule has 0 spiro atoms. The van der Waals surface area contributed by atoms with E-state index >= 15 is 0 Å². The summed E-state index contributed by atoms with van der Waals surface area (Å²) in [6, 6.07) is 0.